The molecule has 0 radical (unpaired) electrons. The van der Waals surface area contributed by atoms with Crippen LogP contribution in [0.25, 0.3) is 22.2 Å². The standard InChI is InChI=1S/C16H12N4O/c1-11-12-6-2-3-7-13(12)16(21)20(18-11)15-10-19-9-5-4-8-14(19)17-15/h2-10H,1H3. The summed E-state index contributed by atoms with van der Waals surface area (Å²) in [5, 5.41) is 5.93. The summed E-state index contributed by atoms with van der Waals surface area (Å²) in [4.78, 5) is 17.1. The van der Waals surface area contributed by atoms with E-state index in [2.05, 4.69) is 10.1 Å². The molecule has 102 valence electrons. The van der Waals surface area contributed by atoms with Gasteiger partial charge in [0.15, 0.2) is 5.82 Å². The van der Waals surface area contributed by atoms with Crippen LogP contribution >= 0.6 is 0 Å². The number of rotatable bonds is 1. The number of benzene rings is 1. The second kappa shape index (κ2) is 4.28. The maximum absolute atomic E-state index is 12.6. The Kier molecular flexibility index (Phi) is 2.41. The molecule has 21 heavy (non-hydrogen) atoms. The number of fused-ring (bicyclic) bond motifs is 2. The van der Waals surface area contributed by atoms with Crippen molar-refractivity contribution in [2.75, 3.05) is 0 Å². The van der Waals surface area contributed by atoms with Crippen LogP contribution in [-0.4, -0.2) is 19.2 Å². The smallest absolute Gasteiger partial charge is 0.280 e. The lowest BCUT2D eigenvalue weighted by molar-refractivity contribution is 0.783. The summed E-state index contributed by atoms with van der Waals surface area (Å²) in [5.41, 5.74) is 1.44. The average Bonchev–Trinajstić information content (AvgIpc) is 2.94. The van der Waals surface area contributed by atoms with E-state index in [1.807, 2.05) is 60.0 Å². The van der Waals surface area contributed by atoms with Crippen molar-refractivity contribution in [1.82, 2.24) is 19.2 Å². The highest BCUT2D eigenvalue weighted by Gasteiger charge is 2.11. The second-order valence-corrected chi connectivity index (χ2v) is 4.91. The third-order valence-electron chi connectivity index (χ3n) is 3.56. The van der Waals surface area contributed by atoms with Gasteiger partial charge < -0.3 is 4.40 Å². The van der Waals surface area contributed by atoms with Crippen LogP contribution in [0.2, 0.25) is 0 Å². The first-order valence-electron chi connectivity index (χ1n) is 6.67. The fourth-order valence-electron chi connectivity index (χ4n) is 2.53. The molecule has 0 unspecified atom stereocenters. The van der Waals surface area contributed by atoms with E-state index < -0.39 is 0 Å². The van der Waals surface area contributed by atoms with Crippen molar-refractivity contribution >= 4 is 16.4 Å². The van der Waals surface area contributed by atoms with Crippen molar-refractivity contribution < 1.29 is 0 Å². The van der Waals surface area contributed by atoms with Crippen LogP contribution < -0.4 is 5.56 Å². The molecule has 0 bridgehead atoms. The molecule has 0 amide bonds. The molecule has 0 saturated carbocycles. The van der Waals surface area contributed by atoms with Crippen molar-refractivity contribution in [1.29, 1.82) is 0 Å². The Morgan fingerprint density at radius 2 is 1.76 bits per heavy atom. The Hall–Kier alpha value is -2.95. The summed E-state index contributed by atoms with van der Waals surface area (Å²) in [6, 6.07) is 13.2. The molecule has 0 atom stereocenters. The van der Waals surface area contributed by atoms with Gasteiger partial charge in [-0.25, -0.2) is 4.98 Å². The Bertz CT molecular complexity index is 996. The minimum atomic E-state index is -0.153. The monoisotopic (exact) mass is 276 g/mol. The van der Waals surface area contributed by atoms with Crippen LogP contribution in [0.1, 0.15) is 5.69 Å². The summed E-state index contributed by atoms with van der Waals surface area (Å²) in [5.74, 6) is 0.528. The van der Waals surface area contributed by atoms with Gasteiger partial charge in [-0.15, -0.1) is 0 Å². The van der Waals surface area contributed by atoms with E-state index in [1.54, 1.807) is 6.20 Å². The van der Waals surface area contributed by atoms with Gasteiger partial charge in [0.2, 0.25) is 0 Å². The summed E-state index contributed by atoms with van der Waals surface area (Å²) in [6.45, 7) is 1.90. The molecule has 0 N–H and O–H groups in total. The molecule has 1 aromatic carbocycles. The van der Waals surface area contributed by atoms with E-state index in [9.17, 15) is 4.79 Å². The lowest BCUT2D eigenvalue weighted by Gasteiger charge is -2.05. The SMILES string of the molecule is Cc1nn(-c2cn3ccccc3n2)c(=O)c2ccccc12. The Balaban J connectivity index is 2.06. The van der Waals surface area contributed by atoms with Crippen LogP contribution in [0.15, 0.2) is 59.7 Å². The fraction of sp³-hybridized carbons (Fsp3) is 0.0625. The predicted molar refractivity (Wildman–Crippen MR) is 80.8 cm³/mol. The largest absolute Gasteiger partial charge is 0.305 e. The summed E-state index contributed by atoms with van der Waals surface area (Å²) in [6.07, 6.45) is 3.70. The van der Waals surface area contributed by atoms with E-state index in [-0.39, 0.29) is 5.56 Å². The average molecular weight is 276 g/mol. The van der Waals surface area contributed by atoms with Gasteiger partial charge in [-0.1, -0.05) is 24.3 Å². The summed E-state index contributed by atoms with van der Waals surface area (Å²) in [7, 11) is 0. The second-order valence-electron chi connectivity index (χ2n) is 4.91. The number of aromatic nitrogens is 4. The van der Waals surface area contributed by atoms with Crippen molar-refractivity contribution in [3.63, 3.8) is 0 Å². The van der Waals surface area contributed by atoms with Crippen LogP contribution in [0, 0.1) is 6.92 Å². The van der Waals surface area contributed by atoms with E-state index in [1.165, 1.54) is 4.68 Å². The van der Waals surface area contributed by atoms with Crippen LogP contribution in [0.3, 0.4) is 0 Å². The molecule has 4 aromatic rings. The third kappa shape index (κ3) is 1.74. The molecule has 5 heteroatoms. The van der Waals surface area contributed by atoms with Crippen molar-refractivity contribution in [3.05, 3.63) is 70.9 Å². The Labute approximate surface area is 120 Å². The van der Waals surface area contributed by atoms with Gasteiger partial charge in [-0.2, -0.15) is 9.78 Å². The highest BCUT2D eigenvalue weighted by molar-refractivity contribution is 5.83. The third-order valence-corrected chi connectivity index (χ3v) is 3.56. The van der Waals surface area contributed by atoms with Gasteiger partial charge >= 0.3 is 0 Å². The van der Waals surface area contributed by atoms with Crippen LogP contribution in [0.4, 0.5) is 0 Å². The molecule has 0 spiro atoms. The molecule has 3 aromatic heterocycles. The zero-order valence-electron chi connectivity index (χ0n) is 11.4. The van der Waals surface area contributed by atoms with Crippen molar-refractivity contribution in [3.8, 4) is 5.82 Å². The van der Waals surface area contributed by atoms with E-state index in [0.717, 1.165) is 16.7 Å². The number of hydrogen-bond donors (Lipinski definition) is 0. The lowest BCUT2D eigenvalue weighted by atomic mass is 10.1. The van der Waals surface area contributed by atoms with E-state index in [4.69, 9.17) is 0 Å². The topological polar surface area (TPSA) is 52.2 Å². The van der Waals surface area contributed by atoms with Crippen molar-refractivity contribution in [2.45, 2.75) is 6.92 Å². The highest BCUT2D eigenvalue weighted by atomic mass is 16.1. The van der Waals surface area contributed by atoms with Gasteiger partial charge in [0, 0.05) is 11.6 Å². The Morgan fingerprint density at radius 1 is 1.00 bits per heavy atom. The first kappa shape index (κ1) is 11.8. The normalized spacial score (nSPS) is 11.3. The number of imidazole rings is 1. The van der Waals surface area contributed by atoms with Gasteiger partial charge in [0.25, 0.3) is 5.56 Å². The minimum Gasteiger partial charge on any atom is -0.305 e. The number of hydrogen-bond acceptors (Lipinski definition) is 3. The molecule has 4 rings (SSSR count). The van der Waals surface area contributed by atoms with Crippen LogP contribution in [-0.2, 0) is 0 Å². The van der Waals surface area contributed by atoms with Crippen LogP contribution in [0.5, 0.6) is 0 Å². The molecular formula is C16H12N4O. The molecule has 0 aliphatic heterocycles. The predicted octanol–water partition coefficient (Wildman–Crippen LogP) is 2.34. The maximum atomic E-state index is 12.6. The number of aryl methyl sites for hydroxylation is 1. The lowest BCUT2D eigenvalue weighted by Crippen LogP contribution is -2.22. The molecule has 3 heterocycles. The number of nitrogens with zero attached hydrogens (tertiary/aromatic N) is 4. The Morgan fingerprint density at radius 3 is 2.57 bits per heavy atom. The quantitative estimate of drug-likeness (QED) is 0.536. The number of pyridine rings is 1. The maximum Gasteiger partial charge on any atom is 0.280 e. The fourth-order valence-corrected chi connectivity index (χ4v) is 2.53. The zero-order chi connectivity index (χ0) is 14.4. The van der Waals surface area contributed by atoms with E-state index >= 15 is 0 Å². The highest BCUT2D eigenvalue weighted by Crippen LogP contribution is 2.14. The van der Waals surface area contributed by atoms with Gasteiger partial charge in [0.1, 0.15) is 5.65 Å². The van der Waals surface area contributed by atoms with Crippen molar-refractivity contribution in [2.24, 2.45) is 0 Å². The molecule has 0 aliphatic rings. The molecule has 0 saturated heterocycles. The molecular weight excluding hydrogens is 264 g/mol. The van der Waals surface area contributed by atoms with Gasteiger partial charge in [-0.05, 0) is 25.1 Å². The first-order chi connectivity index (χ1) is 10.2. The van der Waals surface area contributed by atoms with Gasteiger partial charge in [-0.3, -0.25) is 4.79 Å². The summed E-state index contributed by atoms with van der Waals surface area (Å²) < 4.78 is 3.23. The molecule has 0 fully saturated rings. The molecule has 0 aliphatic carbocycles. The summed E-state index contributed by atoms with van der Waals surface area (Å²) >= 11 is 0. The minimum absolute atomic E-state index is 0.153. The molecule has 5 nitrogen and oxygen atoms in total. The zero-order valence-corrected chi connectivity index (χ0v) is 11.4. The first-order valence-corrected chi connectivity index (χ1v) is 6.67. The van der Waals surface area contributed by atoms with E-state index in [0.29, 0.717) is 11.2 Å². The van der Waals surface area contributed by atoms with Gasteiger partial charge in [0.05, 0.1) is 17.3 Å².